The van der Waals surface area contributed by atoms with Crippen LogP contribution in [-0.2, 0) is 0 Å². The van der Waals surface area contributed by atoms with Gasteiger partial charge in [-0.15, -0.1) is 21.5 Å². The van der Waals surface area contributed by atoms with Gasteiger partial charge >= 0.3 is 20.4 Å². The van der Waals surface area contributed by atoms with Gasteiger partial charge in [-0.05, 0) is 12.1 Å². The second kappa shape index (κ2) is 8.88. The summed E-state index contributed by atoms with van der Waals surface area (Å²) in [6.45, 7) is 2.21. The van der Waals surface area contributed by atoms with E-state index in [2.05, 4.69) is 19.1 Å². The maximum absolute atomic E-state index is 5.32. The summed E-state index contributed by atoms with van der Waals surface area (Å²) in [6, 6.07) is 4.15. The Morgan fingerprint density at radius 3 is 1.88 bits per heavy atom. The van der Waals surface area contributed by atoms with Crippen molar-refractivity contribution in [3.63, 3.8) is 0 Å². The predicted molar refractivity (Wildman–Crippen MR) is 76.9 cm³/mol. The average molecular weight is 315 g/mol. The van der Waals surface area contributed by atoms with Crippen molar-refractivity contribution in [1.82, 2.24) is 0 Å². The molecule has 0 unspecified atom stereocenters. The Kier molecular flexibility index (Phi) is 8.81. The van der Waals surface area contributed by atoms with E-state index in [0.717, 1.165) is 11.5 Å². The van der Waals surface area contributed by atoms with E-state index < -0.39 is 0 Å². The SMILES string of the molecule is Br.CC[CH2][Mg][c]1cc(OC)c(OC)c(OC)c1. The molecule has 0 saturated carbocycles. The summed E-state index contributed by atoms with van der Waals surface area (Å²) in [6.07, 6.45) is 1.24. The molecular weight excluding hydrogens is 296 g/mol. The number of rotatable bonds is 6. The van der Waals surface area contributed by atoms with Crippen LogP contribution < -0.4 is 17.9 Å². The highest BCUT2D eigenvalue weighted by atomic mass is 79.9. The van der Waals surface area contributed by atoms with E-state index in [1.54, 1.807) is 21.3 Å². The lowest BCUT2D eigenvalue weighted by Crippen LogP contribution is -2.14. The Morgan fingerprint density at radius 1 is 1.00 bits per heavy atom. The number of halogens is 1. The Hall–Kier alpha value is -0.134. The highest BCUT2D eigenvalue weighted by Crippen LogP contribution is 2.35. The van der Waals surface area contributed by atoms with Crippen LogP contribution in [0.15, 0.2) is 12.1 Å². The zero-order valence-electron chi connectivity index (χ0n) is 10.9. The van der Waals surface area contributed by atoms with E-state index in [1.165, 1.54) is 14.7 Å². The van der Waals surface area contributed by atoms with Gasteiger partial charge in [0, 0.05) is 0 Å². The van der Waals surface area contributed by atoms with Crippen LogP contribution in [0.2, 0.25) is 4.55 Å². The zero-order chi connectivity index (χ0) is 12.0. The first-order valence-corrected chi connectivity index (χ1v) is 7.26. The van der Waals surface area contributed by atoms with Crippen molar-refractivity contribution in [1.29, 1.82) is 0 Å². The molecule has 94 valence electrons. The summed E-state index contributed by atoms with van der Waals surface area (Å²) in [5.41, 5.74) is 0. The Balaban J connectivity index is 0.00000256. The van der Waals surface area contributed by atoms with Crippen LogP contribution in [0.25, 0.3) is 0 Å². The molecule has 0 fully saturated rings. The van der Waals surface area contributed by atoms with Crippen LogP contribution in [-0.4, -0.2) is 41.7 Å². The van der Waals surface area contributed by atoms with Crippen molar-refractivity contribution in [2.24, 2.45) is 0 Å². The molecule has 1 rings (SSSR count). The highest BCUT2D eigenvalue weighted by Gasteiger charge is 2.13. The van der Waals surface area contributed by atoms with Gasteiger partial charge < -0.3 is 14.2 Å². The molecular formula is C12H19BrMgO3. The summed E-state index contributed by atoms with van der Waals surface area (Å²) in [5.74, 6) is 2.21. The molecule has 0 amide bonds. The minimum atomic E-state index is -0.212. The first kappa shape index (κ1) is 16.9. The van der Waals surface area contributed by atoms with E-state index in [9.17, 15) is 0 Å². The molecule has 0 bridgehead atoms. The first-order chi connectivity index (χ1) is 7.76. The third-order valence-electron chi connectivity index (χ3n) is 2.54. The Bertz CT molecular complexity index is 320. The van der Waals surface area contributed by atoms with Gasteiger partial charge in [0.25, 0.3) is 0 Å². The summed E-state index contributed by atoms with van der Waals surface area (Å²) in [5, 5.41) is 0. The van der Waals surface area contributed by atoms with Gasteiger partial charge in [-0.3, -0.25) is 0 Å². The maximum atomic E-state index is 5.32. The average Bonchev–Trinajstić information content (AvgIpc) is 2.34. The van der Waals surface area contributed by atoms with Crippen molar-refractivity contribution >= 4 is 41.0 Å². The Labute approximate surface area is 123 Å². The Morgan fingerprint density at radius 2 is 1.53 bits per heavy atom. The molecule has 1 aromatic carbocycles. The molecule has 0 heterocycles. The summed E-state index contributed by atoms with van der Waals surface area (Å²) in [7, 11) is 4.94. The van der Waals surface area contributed by atoms with Gasteiger partial charge in [0.1, 0.15) is 0 Å². The van der Waals surface area contributed by atoms with Gasteiger partial charge in [0.2, 0.25) is 5.75 Å². The molecule has 0 atom stereocenters. The fraction of sp³-hybridized carbons (Fsp3) is 0.500. The minimum Gasteiger partial charge on any atom is -0.493 e. The van der Waals surface area contributed by atoms with E-state index in [1.807, 2.05) is 0 Å². The summed E-state index contributed by atoms with van der Waals surface area (Å²) < 4.78 is 18.6. The molecule has 0 saturated heterocycles. The third kappa shape index (κ3) is 4.56. The molecule has 0 aliphatic rings. The van der Waals surface area contributed by atoms with E-state index in [0.29, 0.717) is 5.75 Å². The van der Waals surface area contributed by atoms with Gasteiger partial charge in [-0.25, -0.2) is 0 Å². The van der Waals surface area contributed by atoms with Crippen LogP contribution in [0, 0.1) is 0 Å². The lowest BCUT2D eigenvalue weighted by molar-refractivity contribution is 0.325. The predicted octanol–water partition coefficient (Wildman–Crippen LogP) is 2.45. The van der Waals surface area contributed by atoms with E-state index in [4.69, 9.17) is 14.2 Å². The van der Waals surface area contributed by atoms with Crippen molar-refractivity contribution in [2.75, 3.05) is 21.3 Å². The van der Waals surface area contributed by atoms with Crippen LogP contribution in [0.1, 0.15) is 13.3 Å². The maximum Gasteiger partial charge on any atom is 0.409 e. The second-order valence-corrected chi connectivity index (χ2v) is 5.66. The van der Waals surface area contributed by atoms with E-state index in [-0.39, 0.29) is 37.3 Å². The quantitative estimate of drug-likeness (QED) is 0.755. The molecule has 0 aromatic heterocycles. The van der Waals surface area contributed by atoms with Crippen molar-refractivity contribution in [2.45, 2.75) is 17.9 Å². The molecule has 17 heavy (non-hydrogen) atoms. The van der Waals surface area contributed by atoms with Crippen LogP contribution in [0.5, 0.6) is 17.2 Å². The number of hydrogen-bond donors (Lipinski definition) is 0. The second-order valence-electron chi connectivity index (χ2n) is 3.64. The number of methoxy groups -OCH3 is 3. The fourth-order valence-electron chi connectivity index (χ4n) is 1.66. The number of hydrogen-bond acceptors (Lipinski definition) is 3. The molecule has 0 radical (unpaired) electrons. The number of ether oxygens (including phenoxy) is 3. The normalized spacial score (nSPS) is 8.94. The van der Waals surface area contributed by atoms with Crippen molar-refractivity contribution in [3.8, 4) is 17.2 Å². The van der Waals surface area contributed by atoms with Crippen molar-refractivity contribution in [3.05, 3.63) is 12.1 Å². The lowest BCUT2D eigenvalue weighted by Gasteiger charge is -2.14. The fourth-order valence-corrected chi connectivity index (χ4v) is 3.08. The highest BCUT2D eigenvalue weighted by molar-refractivity contribution is 8.93. The molecule has 5 heteroatoms. The van der Waals surface area contributed by atoms with Gasteiger partial charge in [-0.2, -0.15) is 3.69 Å². The van der Waals surface area contributed by atoms with Crippen LogP contribution in [0.4, 0.5) is 0 Å². The molecule has 0 aliphatic heterocycles. The zero-order valence-corrected chi connectivity index (χ0v) is 14.0. The van der Waals surface area contributed by atoms with E-state index >= 15 is 0 Å². The lowest BCUT2D eigenvalue weighted by atomic mass is 10.3. The van der Waals surface area contributed by atoms with Gasteiger partial charge in [0.15, 0.2) is 11.5 Å². The van der Waals surface area contributed by atoms with Crippen molar-refractivity contribution < 1.29 is 14.2 Å². The molecule has 0 N–H and O–H groups in total. The largest absolute Gasteiger partial charge is 0.493 e. The molecule has 0 aliphatic carbocycles. The first-order valence-electron chi connectivity index (χ1n) is 5.55. The standard InChI is InChI=1S/C9H11O3.C3H7.BrH.Mg/c1-10-7-5-4-6-8(11-2)9(7)12-3;1-3-2;;/h5-6H,1-3H3;1,3H2,2H3;1H;. The minimum absolute atomic E-state index is 0. The smallest absolute Gasteiger partial charge is 0.409 e. The van der Waals surface area contributed by atoms with Gasteiger partial charge in [-0.1, -0.05) is 13.3 Å². The molecule has 0 spiro atoms. The summed E-state index contributed by atoms with van der Waals surface area (Å²) >= 11 is -0.212. The monoisotopic (exact) mass is 314 g/mol. The molecule has 1 aromatic rings. The van der Waals surface area contributed by atoms with Crippen LogP contribution in [0.3, 0.4) is 0 Å². The van der Waals surface area contributed by atoms with Gasteiger partial charge in [0.05, 0.1) is 21.3 Å². The topological polar surface area (TPSA) is 27.7 Å². The summed E-state index contributed by atoms with van der Waals surface area (Å²) in [4.78, 5) is 0. The molecule has 3 nitrogen and oxygen atoms in total. The van der Waals surface area contributed by atoms with Crippen LogP contribution >= 0.6 is 17.0 Å². The number of benzene rings is 1. The third-order valence-corrected chi connectivity index (χ3v) is 4.59.